The zero-order chi connectivity index (χ0) is 13.3. The second-order valence-electron chi connectivity index (χ2n) is 4.08. The van der Waals surface area contributed by atoms with Crippen LogP contribution >= 0.6 is 11.6 Å². The van der Waals surface area contributed by atoms with Crippen molar-refractivity contribution in [2.24, 2.45) is 0 Å². The number of aryl methyl sites for hydroxylation is 1. The van der Waals surface area contributed by atoms with Crippen molar-refractivity contribution < 1.29 is 13.2 Å². The van der Waals surface area contributed by atoms with Crippen LogP contribution < -0.4 is 0 Å². The summed E-state index contributed by atoms with van der Waals surface area (Å²) in [6.45, 7) is 1.98. The highest BCUT2D eigenvalue weighted by Gasteiger charge is 2.30. The Morgan fingerprint density at radius 1 is 1.22 bits per heavy atom. The van der Waals surface area contributed by atoms with Crippen molar-refractivity contribution in [2.45, 2.75) is 25.9 Å². The number of aromatic nitrogens is 1. The van der Waals surface area contributed by atoms with Gasteiger partial charge in [0.2, 0.25) is 0 Å². The van der Waals surface area contributed by atoms with E-state index in [1.54, 1.807) is 6.07 Å². The Balaban J connectivity index is 2.60. The molecule has 1 nitrogen and oxygen atoms in total. The highest BCUT2D eigenvalue weighted by Crippen LogP contribution is 2.32. The summed E-state index contributed by atoms with van der Waals surface area (Å²) >= 11 is 6.04. The number of hydrogen-bond donors (Lipinski definition) is 0. The van der Waals surface area contributed by atoms with Crippen LogP contribution in [0.5, 0.6) is 0 Å². The van der Waals surface area contributed by atoms with Crippen LogP contribution in [0.15, 0.2) is 24.3 Å². The lowest BCUT2D eigenvalue weighted by Crippen LogP contribution is -2.04. The van der Waals surface area contributed by atoms with Crippen molar-refractivity contribution in [3.05, 3.63) is 40.5 Å². The summed E-state index contributed by atoms with van der Waals surface area (Å²) in [5, 5.41) is 0.988. The van der Waals surface area contributed by atoms with Crippen molar-refractivity contribution in [1.29, 1.82) is 0 Å². The molecule has 0 unspecified atom stereocenters. The lowest BCUT2D eigenvalue weighted by molar-refractivity contribution is -0.137. The predicted octanol–water partition coefficient (Wildman–Crippen LogP) is 4.86. The number of pyridine rings is 1. The third-order valence-corrected chi connectivity index (χ3v) is 2.96. The second-order valence-corrected chi connectivity index (χ2v) is 4.48. The standard InChI is InChI=1S/C13H11ClF3N/c1-2-3-9-7-11(14)10-5-4-8(13(15,16)17)6-12(10)18-9/h4-7H,2-3H2,1H3. The first-order valence-corrected chi connectivity index (χ1v) is 5.96. The Morgan fingerprint density at radius 2 is 1.94 bits per heavy atom. The first-order chi connectivity index (χ1) is 8.41. The van der Waals surface area contributed by atoms with Gasteiger partial charge in [0.05, 0.1) is 16.1 Å². The van der Waals surface area contributed by atoms with E-state index >= 15 is 0 Å². The van der Waals surface area contributed by atoms with Crippen molar-refractivity contribution >= 4 is 22.5 Å². The molecule has 2 rings (SSSR count). The molecule has 0 aliphatic heterocycles. The van der Waals surface area contributed by atoms with E-state index in [1.807, 2.05) is 6.92 Å². The van der Waals surface area contributed by atoms with Crippen molar-refractivity contribution in [1.82, 2.24) is 4.98 Å². The summed E-state index contributed by atoms with van der Waals surface area (Å²) in [7, 11) is 0. The quantitative estimate of drug-likeness (QED) is 0.761. The van der Waals surface area contributed by atoms with Crippen molar-refractivity contribution in [2.75, 3.05) is 0 Å². The number of rotatable bonds is 2. The minimum Gasteiger partial charge on any atom is -0.253 e. The van der Waals surface area contributed by atoms with Gasteiger partial charge in [0, 0.05) is 11.1 Å². The van der Waals surface area contributed by atoms with E-state index in [4.69, 9.17) is 11.6 Å². The summed E-state index contributed by atoms with van der Waals surface area (Å²) in [6, 6.07) is 5.14. The minimum atomic E-state index is -4.36. The molecule has 0 bridgehead atoms. The van der Waals surface area contributed by atoms with Crippen LogP contribution in [0, 0.1) is 0 Å². The molecule has 5 heteroatoms. The fourth-order valence-electron chi connectivity index (χ4n) is 1.80. The van der Waals surface area contributed by atoms with Crippen LogP contribution in [-0.4, -0.2) is 4.98 Å². The monoisotopic (exact) mass is 273 g/mol. The molecule has 1 aromatic heterocycles. The molecular formula is C13H11ClF3N. The summed E-state index contributed by atoms with van der Waals surface area (Å²) in [5.74, 6) is 0. The zero-order valence-electron chi connectivity index (χ0n) is 9.68. The largest absolute Gasteiger partial charge is 0.416 e. The molecule has 2 aromatic rings. The number of fused-ring (bicyclic) bond motifs is 1. The molecule has 0 aliphatic rings. The lowest BCUT2D eigenvalue weighted by atomic mass is 10.1. The van der Waals surface area contributed by atoms with Crippen LogP contribution in [0.3, 0.4) is 0 Å². The topological polar surface area (TPSA) is 12.9 Å². The molecule has 96 valence electrons. The first kappa shape index (κ1) is 13.1. The first-order valence-electron chi connectivity index (χ1n) is 5.58. The third-order valence-electron chi connectivity index (χ3n) is 2.65. The van der Waals surface area contributed by atoms with Crippen LogP contribution in [0.2, 0.25) is 5.02 Å². The maximum atomic E-state index is 12.6. The van der Waals surface area contributed by atoms with Gasteiger partial charge < -0.3 is 0 Å². The molecule has 0 fully saturated rings. The molecule has 0 radical (unpaired) electrons. The zero-order valence-corrected chi connectivity index (χ0v) is 10.4. The summed E-state index contributed by atoms with van der Waals surface area (Å²) in [5.41, 5.74) is 0.308. The average molecular weight is 274 g/mol. The number of benzene rings is 1. The van der Waals surface area contributed by atoms with Crippen LogP contribution in [0.4, 0.5) is 13.2 Å². The Morgan fingerprint density at radius 3 is 2.56 bits per heavy atom. The fraction of sp³-hybridized carbons (Fsp3) is 0.308. The number of hydrogen-bond acceptors (Lipinski definition) is 1. The molecule has 0 saturated carbocycles. The van der Waals surface area contributed by atoms with E-state index < -0.39 is 11.7 Å². The number of alkyl halides is 3. The van der Waals surface area contributed by atoms with Crippen molar-refractivity contribution in [3.8, 4) is 0 Å². The van der Waals surface area contributed by atoms with Gasteiger partial charge in [0.25, 0.3) is 0 Å². The van der Waals surface area contributed by atoms with Gasteiger partial charge in [-0.15, -0.1) is 0 Å². The van der Waals surface area contributed by atoms with E-state index in [0.29, 0.717) is 28.0 Å². The molecule has 0 N–H and O–H groups in total. The molecule has 0 atom stereocenters. The van der Waals surface area contributed by atoms with Gasteiger partial charge in [0.1, 0.15) is 0 Å². The van der Waals surface area contributed by atoms with Gasteiger partial charge in [-0.25, -0.2) is 0 Å². The normalized spacial score (nSPS) is 12.1. The Hall–Kier alpha value is -1.29. The molecule has 0 spiro atoms. The number of nitrogens with zero attached hydrogens (tertiary/aromatic N) is 1. The maximum Gasteiger partial charge on any atom is 0.416 e. The summed E-state index contributed by atoms with van der Waals surface area (Å²) in [6.07, 6.45) is -2.79. The molecule has 0 amide bonds. The van der Waals surface area contributed by atoms with Gasteiger partial charge in [0.15, 0.2) is 0 Å². The molecule has 0 aliphatic carbocycles. The number of halogens is 4. The van der Waals surface area contributed by atoms with E-state index in [1.165, 1.54) is 6.07 Å². The highest BCUT2D eigenvalue weighted by atomic mass is 35.5. The Kier molecular flexibility index (Phi) is 3.48. The SMILES string of the molecule is CCCc1cc(Cl)c2ccc(C(F)(F)F)cc2n1. The van der Waals surface area contributed by atoms with E-state index in [0.717, 1.165) is 18.6 Å². The fourth-order valence-corrected chi connectivity index (χ4v) is 2.08. The Bertz CT molecular complexity index is 578. The minimum absolute atomic E-state index is 0.292. The highest BCUT2D eigenvalue weighted by molar-refractivity contribution is 6.35. The van der Waals surface area contributed by atoms with E-state index in [2.05, 4.69) is 4.98 Å². The predicted molar refractivity (Wildman–Crippen MR) is 65.8 cm³/mol. The van der Waals surface area contributed by atoms with Crippen LogP contribution in [-0.2, 0) is 12.6 Å². The van der Waals surface area contributed by atoms with Gasteiger partial charge in [-0.2, -0.15) is 13.2 Å². The smallest absolute Gasteiger partial charge is 0.253 e. The van der Waals surface area contributed by atoms with Gasteiger partial charge in [-0.05, 0) is 24.6 Å². The molecule has 1 heterocycles. The van der Waals surface area contributed by atoms with Crippen LogP contribution in [0.25, 0.3) is 10.9 Å². The van der Waals surface area contributed by atoms with Crippen LogP contribution in [0.1, 0.15) is 24.6 Å². The van der Waals surface area contributed by atoms with E-state index in [9.17, 15) is 13.2 Å². The molecule has 18 heavy (non-hydrogen) atoms. The molecular weight excluding hydrogens is 263 g/mol. The van der Waals surface area contributed by atoms with E-state index in [-0.39, 0.29) is 0 Å². The maximum absolute atomic E-state index is 12.6. The summed E-state index contributed by atoms with van der Waals surface area (Å²) < 4.78 is 37.8. The molecule has 1 aromatic carbocycles. The molecule has 0 saturated heterocycles. The Labute approximate surface area is 108 Å². The summed E-state index contributed by atoms with van der Waals surface area (Å²) in [4.78, 5) is 4.22. The second kappa shape index (κ2) is 4.76. The van der Waals surface area contributed by atoms with Gasteiger partial charge in [-0.3, -0.25) is 4.98 Å². The van der Waals surface area contributed by atoms with Crippen molar-refractivity contribution in [3.63, 3.8) is 0 Å². The van der Waals surface area contributed by atoms with Gasteiger partial charge >= 0.3 is 6.18 Å². The lowest BCUT2D eigenvalue weighted by Gasteiger charge is -2.09. The third kappa shape index (κ3) is 2.58. The van der Waals surface area contributed by atoms with Gasteiger partial charge in [-0.1, -0.05) is 31.0 Å². The average Bonchev–Trinajstić information content (AvgIpc) is 2.27.